The molecule has 1 aliphatic rings. The van der Waals surface area contributed by atoms with Gasteiger partial charge in [0.05, 0.1) is 19.3 Å². The summed E-state index contributed by atoms with van der Waals surface area (Å²) in [6.45, 7) is 4.56. The normalized spacial score (nSPS) is 14.0. The summed E-state index contributed by atoms with van der Waals surface area (Å²) in [5.41, 5.74) is 2.01. The Labute approximate surface area is 158 Å². The van der Waals surface area contributed by atoms with E-state index in [1.165, 1.54) is 4.90 Å². The van der Waals surface area contributed by atoms with Gasteiger partial charge in [0.25, 0.3) is 11.8 Å². The van der Waals surface area contributed by atoms with Crippen LogP contribution in [0.5, 0.6) is 11.5 Å². The summed E-state index contributed by atoms with van der Waals surface area (Å²) < 4.78 is 10.6. The first-order valence-electron chi connectivity index (χ1n) is 8.83. The lowest BCUT2D eigenvalue weighted by Crippen LogP contribution is -2.32. The van der Waals surface area contributed by atoms with Crippen molar-refractivity contribution >= 4 is 23.1 Å². The Morgan fingerprint density at radius 1 is 0.889 bits per heavy atom. The van der Waals surface area contributed by atoms with Gasteiger partial charge in [0, 0.05) is 12.2 Å². The van der Waals surface area contributed by atoms with Crippen LogP contribution in [0.1, 0.15) is 19.4 Å². The van der Waals surface area contributed by atoms with Crippen LogP contribution < -0.4 is 14.8 Å². The summed E-state index contributed by atoms with van der Waals surface area (Å²) in [5, 5.41) is 3.11. The van der Waals surface area contributed by atoms with Gasteiger partial charge in [-0.05, 0) is 55.8 Å². The molecule has 2 aromatic carbocycles. The van der Waals surface area contributed by atoms with E-state index in [1.54, 1.807) is 62.6 Å². The smallest absolute Gasteiger partial charge is 0.278 e. The lowest BCUT2D eigenvalue weighted by molar-refractivity contribution is -0.136. The topological polar surface area (TPSA) is 67.9 Å². The molecule has 6 heteroatoms. The summed E-state index contributed by atoms with van der Waals surface area (Å²) in [6, 6.07) is 14.4. The van der Waals surface area contributed by atoms with Gasteiger partial charge in [-0.25, -0.2) is 0 Å². The van der Waals surface area contributed by atoms with Crippen LogP contribution >= 0.6 is 0 Å². The highest BCUT2D eigenvalue weighted by Gasteiger charge is 2.38. The Hall–Kier alpha value is -3.28. The molecule has 27 heavy (non-hydrogen) atoms. The molecule has 1 N–H and O–H groups in total. The van der Waals surface area contributed by atoms with E-state index in [1.807, 2.05) is 6.92 Å². The van der Waals surface area contributed by atoms with Crippen LogP contribution in [0.2, 0.25) is 0 Å². The molecule has 0 radical (unpaired) electrons. The van der Waals surface area contributed by atoms with Gasteiger partial charge in [0.1, 0.15) is 17.2 Å². The van der Waals surface area contributed by atoms with Crippen LogP contribution in [0.3, 0.4) is 0 Å². The number of hydrogen-bond acceptors (Lipinski definition) is 5. The van der Waals surface area contributed by atoms with Crippen molar-refractivity contribution in [3.05, 3.63) is 59.8 Å². The molecule has 6 nitrogen and oxygen atoms in total. The summed E-state index contributed by atoms with van der Waals surface area (Å²) in [7, 11) is 1.59. The highest BCUT2D eigenvalue weighted by atomic mass is 16.5. The molecule has 140 valence electrons. The Balaban J connectivity index is 1.99. The van der Waals surface area contributed by atoms with E-state index in [9.17, 15) is 9.59 Å². The number of hydrogen-bond donors (Lipinski definition) is 1. The van der Waals surface area contributed by atoms with E-state index in [0.717, 1.165) is 5.75 Å². The molecule has 0 saturated carbocycles. The largest absolute Gasteiger partial charge is 0.497 e. The first-order valence-corrected chi connectivity index (χ1v) is 8.83. The number of benzene rings is 2. The van der Waals surface area contributed by atoms with Crippen LogP contribution in [-0.4, -0.2) is 37.0 Å². The van der Waals surface area contributed by atoms with E-state index in [4.69, 9.17) is 9.47 Å². The van der Waals surface area contributed by atoms with Gasteiger partial charge in [-0.1, -0.05) is 12.1 Å². The lowest BCUT2D eigenvalue weighted by atomic mass is 10.0. The van der Waals surface area contributed by atoms with E-state index in [2.05, 4.69) is 5.32 Å². The van der Waals surface area contributed by atoms with E-state index >= 15 is 0 Å². The Bertz CT molecular complexity index is 870. The average Bonchev–Trinajstić information content (AvgIpc) is 2.92. The quantitative estimate of drug-likeness (QED) is 0.762. The average molecular weight is 366 g/mol. The molecule has 0 atom stereocenters. The summed E-state index contributed by atoms with van der Waals surface area (Å²) >= 11 is 0. The molecule has 1 heterocycles. The number of nitrogens with one attached hydrogen (secondary N) is 1. The number of methoxy groups -OCH3 is 1. The first kappa shape index (κ1) is 18.5. The third-order valence-corrected chi connectivity index (χ3v) is 4.30. The highest BCUT2D eigenvalue weighted by Crippen LogP contribution is 2.31. The lowest BCUT2D eigenvalue weighted by Gasteiger charge is -2.12. The van der Waals surface area contributed by atoms with Crippen LogP contribution in [0.15, 0.2) is 54.2 Å². The Kier molecular flexibility index (Phi) is 5.45. The molecule has 2 amide bonds. The number of carbonyl (C=O) groups excluding carboxylic acids is 2. The second-order valence-corrected chi connectivity index (χ2v) is 5.92. The number of likely N-dealkylation sites (N-methyl/N-ethyl adjacent to an activating group) is 1. The van der Waals surface area contributed by atoms with Crippen LogP contribution in [0.4, 0.5) is 5.69 Å². The van der Waals surface area contributed by atoms with E-state index in [0.29, 0.717) is 35.7 Å². The second-order valence-electron chi connectivity index (χ2n) is 5.92. The number of imide groups is 1. The third kappa shape index (κ3) is 3.65. The predicted octanol–water partition coefficient (Wildman–Crippen LogP) is 3.31. The van der Waals surface area contributed by atoms with Gasteiger partial charge in [-0.3, -0.25) is 14.5 Å². The Morgan fingerprint density at radius 2 is 1.52 bits per heavy atom. The van der Waals surface area contributed by atoms with Crippen LogP contribution in [0.25, 0.3) is 5.57 Å². The fraction of sp³-hybridized carbons (Fsp3) is 0.238. The zero-order valence-electron chi connectivity index (χ0n) is 15.6. The predicted molar refractivity (Wildman–Crippen MR) is 104 cm³/mol. The van der Waals surface area contributed by atoms with Crippen molar-refractivity contribution in [3.8, 4) is 11.5 Å². The maximum atomic E-state index is 12.8. The fourth-order valence-corrected chi connectivity index (χ4v) is 2.95. The maximum absolute atomic E-state index is 12.8. The van der Waals surface area contributed by atoms with Gasteiger partial charge in [-0.15, -0.1) is 0 Å². The molecule has 3 rings (SSSR count). The van der Waals surface area contributed by atoms with Crippen molar-refractivity contribution in [2.45, 2.75) is 13.8 Å². The van der Waals surface area contributed by atoms with Gasteiger partial charge in [0.2, 0.25) is 0 Å². The van der Waals surface area contributed by atoms with Gasteiger partial charge >= 0.3 is 0 Å². The number of amides is 2. The standard InChI is InChI=1S/C21H22N2O4/c1-4-23-20(24)18(14-6-10-17(11-7-14)27-5-2)19(21(23)25)22-15-8-12-16(26-3)13-9-15/h6-13,22H,4-5H2,1-3H3. The number of anilines is 1. The molecule has 0 aromatic heterocycles. The van der Waals surface area contributed by atoms with Gasteiger partial charge < -0.3 is 14.8 Å². The first-order chi connectivity index (χ1) is 13.1. The van der Waals surface area contributed by atoms with Crippen molar-refractivity contribution in [2.24, 2.45) is 0 Å². The third-order valence-electron chi connectivity index (χ3n) is 4.30. The zero-order valence-corrected chi connectivity index (χ0v) is 15.6. The van der Waals surface area contributed by atoms with Crippen molar-refractivity contribution in [1.82, 2.24) is 4.90 Å². The van der Waals surface area contributed by atoms with Crippen molar-refractivity contribution < 1.29 is 19.1 Å². The van der Waals surface area contributed by atoms with Crippen molar-refractivity contribution in [3.63, 3.8) is 0 Å². The number of nitrogens with zero attached hydrogens (tertiary/aromatic N) is 1. The summed E-state index contributed by atoms with van der Waals surface area (Å²) in [5.74, 6) is 0.797. The molecule has 0 unspecified atom stereocenters. The van der Waals surface area contributed by atoms with Crippen molar-refractivity contribution in [2.75, 3.05) is 25.6 Å². The minimum atomic E-state index is -0.331. The van der Waals surface area contributed by atoms with E-state index in [-0.39, 0.29) is 17.5 Å². The molecule has 0 saturated heterocycles. The molecule has 0 spiro atoms. The minimum absolute atomic E-state index is 0.274. The summed E-state index contributed by atoms with van der Waals surface area (Å²) in [6.07, 6.45) is 0. The van der Waals surface area contributed by atoms with Gasteiger partial charge in [0.15, 0.2) is 0 Å². The molecule has 0 aliphatic carbocycles. The maximum Gasteiger partial charge on any atom is 0.278 e. The molecule has 2 aromatic rings. The molecular weight excluding hydrogens is 344 g/mol. The molecular formula is C21H22N2O4. The fourth-order valence-electron chi connectivity index (χ4n) is 2.95. The number of ether oxygens (including phenoxy) is 2. The molecule has 1 aliphatic heterocycles. The highest BCUT2D eigenvalue weighted by molar-refractivity contribution is 6.36. The zero-order chi connectivity index (χ0) is 19.4. The summed E-state index contributed by atoms with van der Waals surface area (Å²) in [4.78, 5) is 26.8. The van der Waals surface area contributed by atoms with E-state index < -0.39 is 0 Å². The number of rotatable bonds is 7. The van der Waals surface area contributed by atoms with Crippen LogP contribution in [-0.2, 0) is 9.59 Å². The van der Waals surface area contributed by atoms with Crippen molar-refractivity contribution in [1.29, 1.82) is 0 Å². The second kappa shape index (κ2) is 7.95. The molecule has 0 bridgehead atoms. The SMILES string of the molecule is CCOc1ccc(C2=C(Nc3ccc(OC)cc3)C(=O)N(CC)C2=O)cc1. The van der Waals surface area contributed by atoms with Crippen LogP contribution in [0, 0.1) is 0 Å². The number of carbonyl (C=O) groups is 2. The monoisotopic (exact) mass is 366 g/mol. The molecule has 0 fully saturated rings. The Morgan fingerprint density at radius 3 is 2.07 bits per heavy atom. The minimum Gasteiger partial charge on any atom is -0.497 e. The van der Waals surface area contributed by atoms with Gasteiger partial charge in [-0.2, -0.15) is 0 Å².